The van der Waals surface area contributed by atoms with Crippen molar-refractivity contribution in [3.8, 4) is 0 Å². The highest BCUT2D eigenvalue weighted by molar-refractivity contribution is 6.30. The molecule has 0 bridgehead atoms. The van der Waals surface area contributed by atoms with Gasteiger partial charge in [-0.25, -0.2) is 0 Å². The summed E-state index contributed by atoms with van der Waals surface area (Å²) in [6, 6.07) is 12.1. The van der Waals surface area contributed by atoms with Crippen molar-refractivity contribution in [1.29, 1.82) is 0 Å². The molecule has 24 heavy (non-hydrogen) atoms. The predicted octanol–water partition coefficient (Wildman–Crippen LogP) is 4.34. The lowest BCUT2D eigenvalue weighted by Gasteiger charge is -2.29. The first kappa shape index (κ1) is 17.1. The number of hydrogen-bond acceptors (Lipinski definition) is 3. The molecule has 2 atom stereocenters. The molecule has 1 aliphatic carbocycles. The molecule has 1 aliphatic rings. The van der Waals surface area contributed by atoms with Crippen molar-refractivity contribution in [2.45, 2.75) is 44.8 Å². The number of hydrogen-bond donors (Lipinski definition) is 1. The Morgan fingerprint density at radius 3 is 2.58 bits per heavy atom. The number of carbonyl (C=O) groups is 1. The van der Waals surface area contributed by atoms with Gasteiger partial charge >= 0.3 is 0 Å². The molecule has 1 saturated carbocycles. The Morgan fingerprint density at radius 2 is 2.00 bits per heavy atom. The maximum absolute atomic E-state index is 12.5. The number of furan rings is 1. The van der Waals surface area contributed by atoms with E-state index in [2.05, 4.69) is 17.1 Å². The average Bonchev–Trinajstić information content (AvgIpc) is 3.25. The highest BCUT2D eigenvalue weighted by atomic mass is 35.5. The van der Waals surface area contributed by atoms with Crippen LogP contribution in [0.4, 0.5) is 0 Å². The number of nitrogens with zero attached hydrogens (tertiary/aromatic N) is 1. The van der Waals surface area contributed by atoms with Gasteiger partial charge in [0.05, 0.1) is 18.8 Å². The second-order valence-corrected chi connectivity index (χ2v) is 6.87. The minimum atomic E-state index is -0.126. The van der Waals surface area contributed by atoms with Crippen molar-refractivity contribution in [2.75, 3.05) is 6.54 Å². The Labute approximate surface area is 147 Å². The quantitative estimate of drug-likeness (QED) is 0.811. The molecule has 128 valence electrons. The van der Waals surface area contributed by atoms with Gasteiger partial charge in [-0.1, -0.05) is 23.7 Å². The van der Waals surface area contributed by atoms with Gasteiger partial charge < -0.3 is 9.73 Å². The zero-order valence-corrected chi connectivity index (χ0v) is 14.8. The van der Waals surface area contributed by atoms with Crippen LogP contribution in [0.3, 0.4) is 0 Å². The van der Waals surface area contributed by atoms with Crippen LogP contribution in [0.15, 0.2) is 47.1 Å². The minimum Gasteiger partial charge on any atom is -0.467 e. The first-order valence-corrected chi connectivity index (χ1v) is 8.76. The van der Waals surface area contributed by atoms with Crippen molar-refractivity contribution < 1.29 is 9.21 Å². The van der Waals surface area contributed by atoms with E-state index in [0.717, 1.165) is 23.6 Å². The van der Waals surface area contributed by atoms with E-state index in [0.29, 0.717) is 12.6 Å². The van der Waals surface area contributed by atoms with Crippen molar-refractivity contribution in [3.63, 3.8) is 0 Å². The molecule has 0 aliphatic heterocycles. The third-order valence-electron chi connectivity index (χ3n) is 4.54. The fourth-order valence-electron chi connectivity index (χ4n) is 2.98. The zero-order chi connectivity index (χ0) is 17.1. The van der Waals surface area contributed by atoms with Crippen LogP contribution in [0.1, 0.15) is 50.1 Å². The summed E-state index contributed by atoms with van der Waals surface area (Å²) in [4.78, 5) is 14.7. The molecule has 3 rings (SSSR count). The summed E-state index contributed by atoms with van der Waals surface area (Å²) in [5.41, 5.74) is 1.18. The molecule has 1 heterocycles. The van der Waals surface area contributed by atoms with E-state index >= 15 is 0 Å². The Bertz CT molecular complexity index is 665. The van der Waals surface area contributed by atoms with E-state index in [-0.39, 0.29) is 18.0 Å². The van der Waals surface area contributed by atoms with Crippen molar-refractivity contribution in [2.24, 2.45) is 0 Å². The van der Waals surface area contributed by atoms with Crippen LogP contribution in [0.25, 0.3) is 0 Å². The van der Waals surface area contributed by atoms with Crippen molar-refractivity contribution >= 4 is 17.5 Å². The van der Waals surface area contributed by atoms with Crippen LogP contribution < -0.4 is 5.32 Å². The summed E-state index contributed by atoms with van der Waals surface area (Å²) < 4.78 is 5.35. The second-order valence-electron chi connectivity index (χ2n) is 6.44. The molecule has 1 aromatic heterocycles. The lowest BCUT2D eigenvalue weighted by atomic mass is 10.1. The van der Waals surface area contributed by atoms with Gasteiger partial charge in [-0.2, -0.15) is 0 Å². The van der Waals surface area contributed by atoms with E-state index < -0.39 is 0 Å². The highest BCUT2D eigenvalue weighted by Gasteiger charge is 2.34. The molecule has 4 nitrogen and oxygen atoms in total. The molecule has 5 heteroatoms. The number of rotatable bonds is 7. The standard InChI is InChI=1S/C19H23ClN2O2/c1-13(18-4-3-11-24-18)21-19(23)12-22(17-9-10-17)14(2)15-5-7-16(20)8-6-15/h3-8,11,13-14,17H,9-10,12H2,1-2H3,(H,21,23). The SMILES string of the molecule is CC(NC(=O)CN(C1CC1)C(C)c1ccc(Cl)cc1)c1ccco1. The van der Waals surface area contributed by atoms with E-state index in [1.807, 2.05) is 43.3 Å². The first-order chi connectivity index (χ1) is 11.5. The van der Waals surface area contributed by atoms with Crippen LogP contribution in [0.5, 0.6) is 0 Å². The van der Waals surface area contributed by atoms with Gasteiger partial charge in [-0.15, -0.1) is 0 Å². The monoisotopic (exact) mass is 346 g/mol. The van der Waals surface area contributed by atoms with Crippen LogP contribution in [0.2, 0.25) is 5.02 Å². The summed E-state index contributed by atoms with van der Waals surface area (Å²) >= 11 is 5.97. The summed E-state index contributed by atoms with van der Waals surface area (Å²) in [6.07, 6.45) is 3.93. The Morgan fingerprint density at radius 1 is 1.29 bits per heavy atom. The number of nitrogens with one attached hydrogen (secondary N) is 1. The Hall–Kier alpha value is -1.78. The lowest BCUT2D eigenvalue weighted by Crippen LogP contribution is -2.40. The summed E-state index contributed by atoms with van der Waals surface area (Å²) in [5.74, 6) is 0.790. The Balaban J connectivity index is 1.63. The third kappa shape index (κ3) is 4.19. The van der Waals surface area contributed by atoms with Crippen LogP contribution >= 0.6 is 11.6 Å². The van der Waals surface area contributed by atoms with Gasteiger partial charge in [0.15, 0.2) is 0 Å². The minimum absolute atomic E-state index is 0.0200. The van der Waals surface area contributed by atoms with Gasteiger partial charge in [0.2, 0.25) is 5.91 Å². The van der Waals surface area contributed by atoms with E-state index in [9.17, 15) is 4.79 Å². The van der Waals surface area contributed by atoms with Gasteiger partial charge in [-0.05, 0) is 56.5 Å². The van der Waals surface area contributed by atoms with E-state index in [1.54, 1.807) is 6.26 Å². The number of carbonyl (C=O) groups excluding carboxylic acids is 1. The Kier molecular flexibility index (Phi) is 5.27. The lowest BCUT2D eigenvalue weighted by molar-refractivity contribution is -0.123. The molecule has 1 aromatic carbocycles. The van der Waals surface area contributed by atoms with Gasteiger partial charge in [0.25, 0.3) is 0 Å². The number of amides is 1. The van der Waals surface area contributed by atoms with Crippen LogP contribution in [-0.4, -0.2) is 23.4 Å². The van der Waals surface area contributed by atoms with Crippen LogP contribution in [-0.2, 0) is 4.79 Å². The first-order valence-electron chi connectivity index (χ1n) is 8.38. The van der Waals surface area contributed by atoms with Crippen LogP contribution in [0, 0.1) is 0 Å². The zero-order valence-electron chi connectivity index (χ0n) is 14.0. The normalized spacial score (nSPS) is 16.8. The van der Waals surface area contributed by atoms with Crippen molar-refractivity contribution in [3.05, 3.63) is 59.0 Å². The maximum Gasteiger partial charge on any atom is 0.234 e. The number of benzene rings is 1. The molecule has 1 fully saturated rings. The fraction of sp³-hybridized carbons (Fsp3) is 0.421. The summed E-state index contributed by atoms with van der Waals surface area (Å²) in [6.45, 7) is 4.46. The molecule has 0 radical (unpaired) electrons. The topological polar surface area (TPSA) is 45.5 Å². The molecule has 1 amide bonds. The summed E-state index contributed by atoms with van der Waals surface area (Å²) in [5, 5.41) is 3.75. The van der Waals surface area contributed by atoms with E-state index in [4.69, 9.17) is 16.0 Å². The van der Waals surface area contributed by atoms with Gasteiger partial charge in [0.1, 0.15) is 5.76 Å². The molecule has 0 spiro atoms. The van der Waals surface area contributed by atoms with E-state index in [1.165, 1.54) is 5.56 Å². The molecular weight excluding hydrogens is 324 g/mol. The largest absolute Gasteiger partial charge is 0.467 e. The third-order valence-corrected chi connectivity index (χ3v) is 4.79. The summed E-state index contributed by atoms with van der Waals surface area (Å²) in [7, 11) is 0. The molecule has 2 aromatic rings. The highest BCUT2D eigenvalue weighted by Crippen LogP contribution is 2.34. The second kappa shape index (κ2) is 7.41. The number of halogens is 1. The fourth-order valence-corrected chi connectivity index (χ4v) is 3.11. The molecule has 1 N–H and O–H groups in total. The average molecular weight is 347 g/mol. The van der Waals surface area contributed by atoms with Crippen molar-refractivity contribution in [1.82, 2.24) is 10.2 Å². The smallest absolute Gasteiger partial charge is 0.234 e. The van der Waals surface area contributed by atoms with Gasteiger partial charge in [0, 0.05) is 17.1 Å². The van der Waals surface area contributed by atoms with Gasteiger partial charge in [-0.3, -0.25) is 9.69 Å². The molecule has 0 saturated heterocycles. The predicted molar refractivity (Wildman–Crippen MR) is 94.9 cm³/mol. The maximum atomic E-state index is 12.5. The molecular formula is C19H23ClN2O2. The molecule has 2 unspecified atom stereocenters.